The molecule has 0 fully saturated rings. The summed E-state index contributed by atoms with van der Waals surface area (Å²) in [5.74, 6) is 0.828. The molecule has 126 valence electrons. The largest absolute Gasteiger partial charge is 0.355 e. The minimum atomic E-state index is -3.10. The molecule has 0 bridgehead atoms. The zero-order chi connectivity index (χ0) is 15.8. The molecule has 1 N–H and O–H groups in total. The number of hydrogen-bond acceptors (Lipinski definition) is 3. The van der Waals surface area contributed by atoms with Gasteiger partial charge in [-0.1, -0.05) is 6.08 Å². The van der Waals surface area contributed by atoms with Gasteiger partial charge < -0.3 is 10.2 Å². The van der Waals surface area contributed by atoms with E-state index in [0.717, 1.165) is 25.3 Å². The lowest BCUT2D eigenvalue weighted by Gasteiger charge is -2.23. The summed E-state index contributed by atoms with van der Waals surface area (Å²) >= 11 is 0. The number of hydrogen-bond donors (Lipinski definition) is 1. The third-order valence-corrected chi connectivity index (χ3v) is 5.67. The highest BCUT2D eigenvalue weighted by molar-refractivity contribution is 14.0. The van der Waals surface area contributed by atoms with Crippen molar-refractivity contribution in [1.82, 2.24) is 10.2 Å². The molecule has 0 aliphatic rings. The van der Waals surface area contributed by atoms with Crippen LogP contribution in [0, 0.1) is 0 Å². The second kappa shape index (κ2) is 10.4. The van der Waals surface area contributed by atoms with Crippen LogP contribution in [0.1, 0.15) is 33.6 Å². The van der Waals surface area contributed by atoms with Crippen molar-refractivity contribution in [2.75, 3.05) is 32.9 Å². The molecule has 0 spiro atoms. The monoisotopic (exact) mass is 431 g/mol. The van der Waals surface area contributed by atoms with E-state index in [-0.39, 0.29) is 29.7 Å². The standard InChI is InChI=1S/C14H29N3O2S.HI/c1-7-8-9-11-17(6)13(15-5)16-10-12-20(18,19)14(2,3)4;/h7H,1,8-12H2,2-6H3,(H,15,16);1H. The Bertz CT molecular complexity index is 428. The van der Waals surface area contributed by atoms with Crippen molar-refractivity contribution in [3.05, 3.63) is 12.7 Å². The van der Waals surface area contributed by atoms with Crippen LogP contribution >= 0.6 is 24.0 Å². The molecule has 0 heterocycles. The molecule has 0 radical (unpaired) electrons. The van der Waals surface area contributed by atoms with Crippen molar-refractivity contribution >= 4 is 39.8 Å². The third-order valence-electron chi connectivity index (χ3n) is 3.06. The highest BCUT2D eigenvalue weighted by Gasteiger charge is 2.28. The lowest BCUT2D eigenvalue weighted by atomic mass is 10.3. The van der Waals surface area contributed by atoms with Crippen molar-refractivity contribution < 1.29 is 8.42 Å². The molecule has 7 heteroatoms. The number of unbranched alkanes of at least 4 members (excludes halogenated alkanes) is 1. The second-order valence-corrected chi connectivity index (χ2v) is 8.62. The van der Waals surface area contributed by atoms with Crippen LogP contribution in [0.5, 0.6) is 0 Å². The first-order valence-corrected chi connectivity index (χ1v) is 8.56. The van der Waals surface area contributed by atoms with Crippen molar-refractivity contribution in [3.8, 4) is 0 Å². The van der Waals surface area contributed by atoms with E-state index >= 15 is 0 Å². The fraction of sp³-hybridized carbons (Fsp3) is 0.786. The molecule has 0 aromatic rings. The summed E-state index contributed by atoms with van der Waals surface area (Å²) < 4.78 is 23.3. The van der Waals surface area contributed by atoms with E-state index in [1.807, 2.05) is 18.0 Å². The Kier molecular flexibility index (Phi) is 11.4. The maximum absolute atomic E-state index is 12.0. The molecule has 5 nitrogen and oxygen atoms in total. The number of rotatable bonds is 7. The maximum Gasteiger partial charge on any atom is 0.193 e. The van der Waals surface area contributed by atoms with Gasteiger partial charge >= 0.3 is 0 Å². The summed E-state index contributed by atoms with van der Waals surface area (Å²) in [5, 5.41) is 3.10. The molecule has 0 unspecified atom stereocenters. The van der Waals surface area contributed by atoms with Gasteiger partial charge in [0.2, 0.25) is 0 Å². The van der Waals surface area contributed by atoms with Crippen molar-refractivity contribution in [3.63, 3.8) is 0 Å². The minimum absolute atomic E-state index is 0. The molecule has 0 aromatic carbocycles. The minimum Gasteiger partial charge on any atom is -0.355 e. The van der Waals surface area contributed by atoms with E-state index in [4.69, 9.17) is 0 Å². The first-order chi connectivity index (χ1) is 9.15. The number of nitrogens with zero attached hydrogens (tertiary/aromatic N) is 2. The molecule has 0 amide bonds. The Balaban J connectivity index is 0. The first kappa shape index (κ1) is 23.0. The van der Waals surface area contributed by atoms with Crippen LogP contribution in [-0.2, 0) is 9.84 Å². The number of guanidine groups is 1. The molecular weight excluding hydrogens is 401 g/mol. The summed E-state index contributed by atoms with van der Waals surface area (Å²) in [5.41, 5.74) is 0. The number of sulfone groups is 1. The summed E-state index contributed by atoms with van der Waals surface area (Å²) in [7, 11) is 0.543. The predicted octanol–water partition coefficient (Wildman–Crippen LogP) is 2.29. The lowest BCUT2D eigenvalue weighted by Crippen LogP contribution is -2.43. The van der Waals surface area contributed by atoms with Crippen LogP contribution in [0.3, 0.4) is 0 Å². The highest BCUT2D eigenvalue weighted by atomic mass is 127. The summed E-state index contributed by atoms with van der Waals surface area (Å²) in [4.78, 5) is 6.15. The van der Waals surface area contributed by atoms with Gasteiger partial charge in [0.05, 0.1) is 10.5 Å². The zero-order valence-electron chi connectivity index (χ0n) is 13.8. The average molecular weight is 431 g/mol. The normalized spacial score (nSPS) is 12.5. The third kappa shape index (κ3) is 8.65. The number of nitrogens with one attached hydrogen (secondary N) is 1. The Labute approximate surface area is 147 Å². The molecule has 0 aromatic heterocycles. The van der Waals surface area contributed by atoms with E-state index in [1.54, 1.807) is 27.8 Å². The van der Waals surface area contributed by atoms with Crippen molar-refractivity contribution in [1.29, 1.82) is 0 Å². The Morgan fingerprint density at radius 1 is 1.38 bits per heavy atom. The first-order valence-electron chi connectivity index (χ1n) is 6.90. The molecule has 0 atom stereocenters. The van der Waals surface area contributed by atoms with Gasteiger partial charge in [-0.2, -0.15) is 0 Å². The fourth-order valence-electron chi connectivity index (χ4n) is 1.57. The summed E-state index contributed by atoms with van der Waals surface area (Å²) in [6.45, 7) is 10.1. The van der Waals surface area contributed by atoms with Gasteiger partial charge in [-0.15, -0.1) is 30.6 Å². The fourth-order valence-corrected chi connectivity index (χ4v) is 2.55. The zero-order valence-corrected chi connectivity index (χ0v) is 17.0. The van der Waals surface area contributed by atoms with E-state index < -0.39 is 14.6 Å². The van der Waals surface area contributed by atoms with Gasteiger partial charge in [-0.25, -0.2) is 8.42 Å². The molecule has 0 aliphatic carbocycles. The van der Waals surface area contributed by atoms with E-state index in [0.29, 0.717) is 6.54 Å². The van der Waals surface area contributed by atoms with Gasteiger partial charge in [0.1, 0.15) is 0 Å². The Morgan fingerprint density at radius 2 is 1.95 bits per heavy atom. The van der Waals surface area contributed by atoms with Gasteiger partial charge in [0.15, 0.2) is 15.8 Å². The Morgan fingerprint density at radius 3 is 2.38 bits per heavy atom. The number of allylic oxidation sites excluding steroid dienone is 1. The van der Waals surface area contributed by atoms with Crippen LogP contribution in [0.4, 0.5) is 0 Å². The van der Waals surface area contributed by atoms with E-state index in [2.05, 4.69) is 16.9 Å². The number of aliphatic imine (C=N–C) groups is 1. The van der Waals surface area contributed by atoms with E-state index in [9.17, 15) is 8.42 Å². The van der Waals surface area contributed by atoms with Crippen LogP contribution in [0.2, 0.25) is 0 Å². The van der Waals surface area contributed by atoms with Gasteiger partial charge in [-0.3, -0.25) is 4.99 Å². The molecule has 0 rings (SSSR count). The van der Waals surface area contributed by atoms with Crippen molar-refractivity contribution in [2.24, 2.45) is 4.99 Å². The van der Waals surface area contributed by atoms with Crippen LogP contribution < -0.4 is 5.32 Å². The number of halogens is 1. The van der Waals surface area contributed by atoms with Crippen LogP contribution in [-0.4, -0.2) is 57.0 Å². The van der Waals surface area contributed by atoms with Gasteiger partial charge in [0, 0.05) is 27.2 Å². The molecular formula is C14H30IN3O2S. The smallest absolute Gasteiger partial charge is 0.193 e. The van der Waals surface area contributed by atoms with Crippen LogP contribution in [0.15, 0.2) is 17.6 Å². The average Bonchev–Trinajstić information content (AvgIpc) is 2.33. The molecule has 0 aliphatic heterocycles. The van der Waals surface area contributed by atoms with E-state index in [1.165, 1.54) is 0 Å². The van der Waals surface area contributed by atoms with Gasteiger partial charge in [0.25, 0.3) is 0 Å². The lowest BCUT2D eigenvalue weighted by molar-refractivity contribution is 0.471. The summed E-state index contributed by atoms with van der Waals surface area (Å²) in [6.07, 6.45) is 3.85. The van der Waals surface area contributed by atoms with Gasteiger partial charge in [-0.05, 0) is 33.6 Å². The molecule has 0 saturated heterocycles. The van der Waals surface area contributed by atoms with Crippen LogP contribution in [0.25, 0.3) is 0 Å². The SMILES string of the molecule is C=CCCCN(C)C(=NC)NCCS(=O)(=O)C(C)(C)C.I. The molecule has 21 heavy (non-hydrogen) atoms. The highest BCUT2D eigenvalue weighted by Crippen LogP contribution is 2.15. The topological polar surface area (TPSA) is 61.8 Å². The molecule has 0 saturated carbocycles. The summed E-state index contributed by atoms with van der Waals surface area (Å²) in [6, 6.07) is 0. The van der Waals surface area contributed by atoms with Crippen molar-refractivity contribution in [2.45, 2.75) is 38.4 Å². The predicted molar refractivity (Wildman–Crippen MR) is 102 cm³/mol. The second-order valence-electron chi connectivity index (χ2n) is 5.76. The maximum atomic E-state index is 12.0. The Hall–Kier alpha value is -0.310. The quantitative estimate of drug-likeness (QED) is 0.221.